The first-order valence-electron chi connectivity index (χ1n) is 8.77. The van der Waals surface area contributed by atoms with Crippen molar-refractivity contribution in [1.29, 1.82) is 0 Å². The highest BCUT2D eigenvalue weighted by Gasteiger charge is 2.35. The quantitative estimate of drug-likeness (QED) is 0.328. The van der Waals surface area contributed by atoms with E-state index in [1.165, 1.54) is 22.7 Å². The third-order valence-electron chi connectivity index (χ3n) is 4.85. The highest BCUT2D eigenvalue weighted by atomic mass is 32.1. The predicted octanol–water partition coefficient (Wildman–Crippen LogP) is 5.50. The van der Waals surface area contributed by atoms with Crippen LogP contribution in [0.15, 0.2) is 48.0 Å². The Morgan fingerprint density at radius 2 is 1.39 bits per heavy atom. The Balaban J connectivity index is 1.55. The van der Waals surface area contributed by atoms with Crippen molar-refractivity contribution < 1.29 is 9.59 Å². The van der Waals surface area contributed by atoms with Crippen LogP contribution in [0.2, 0.25) is 0 Å². The van der Waals surface area contributed by atoms with Crippen molar-refractivity contribution in [3.8, 4) is 10.6 Å². The van der Waals surface area contributed by atoms with Gasteiger partial charge < -0.3 is 0 Å². The van der Waals surface area contributed by atoms with E-state index < -0.39 is 0 Å². The second-order valence-electron chi connectivity index (χ2n) is 6.71. The number of rotatable bonds is 2. The Labute approximate surface area is 169 Å². The molecule has 2 aromatic carbocycles. The molecule has 0 aliphatic heterocycles. The maximum absolute atomic E-state index is 12.9. The van der Waals surface area contributed by atoms with Gasteiger partial charge in [0.1, 0.15) is 10.0 Å². The average Bonchev–Trinajstić information content (AvgIpc) is 3.32. The highest BCUT2D eigenvalue weighted by Crippen LogP contribution is 2.36. The Morgan fingerprint density at radius 3 is 2.00 bits per heavy atom. The molecule has 0 saturated carbocycles. The molecule has 4 aromatic rings. The van der Waals surface area contributed by atoms with E-state index in [9.17, 15) is 9.59 Å². The first kappa shape index (κ1) is 17.2. The van der Waals surface area contributed by atoms with E-state index in [-0.39, 0.29) is 17.1 Å². The van der Waals surface area contributed by atoms with Gasteiger partial charge in [0.05, 0.1) is 5.57 Å². The van der Waals surface area contributed by atoms with E-state index in [2.05, 4.69) is 9.97 Å². The van der Waals surface area contributed by atoms with Crippen molar-refractivity contribution in [3.63, 3.8) is 0 Å². The number of hydrogen-bond acceptors (Lipinski definition) is 6. The van der Waals surface area contributed by atoms with Gasteiger partial charge in [-0.25, -0.2) is 9.97 Å². The van der Waals surface area contributed by atoms with Crippen molar-refractivity contribution in [2.45, 2.75) is 13.8 Å². The second-order valence-corrected chi connectivity index (χ2v) is 8.70. The van der Waals surface area contributed by atoms with Crippen LogP contribution >= 0.6 is 22.7 Å². The number of aromatic nitrogens is 2. The largest absolute Gasteiger partial charge is 0.288 e. The molecule has 136 valence electrons. The van der Waals surface area contributed by atoms with Crippen LogP contribution < -0.4 is 0 Å². The molecular formula is C22H14N2O2S2. The van der Waals surface area contributed by atoms with Gasteiger partial charge >= 0.3 is 0 Å². The lowest BCUT2D eigenvalue weighted by Crippen LogP contribution is -2.00. The number of Topliss-reactive ketones (excluding diaryl/α,β-unsaturated/α-hetero) is 2. The molecule has 28 heavy (non-hydrogen) atoms. The maximum atomic E-state index is 12.9. The van der Waals surface area contributed by atoms with Crippen LogP contribution in [-0.2, 0) is 0 Å². The lowest BCUT2D eigenvalue weighted by atomic mass is 9.99. The summed E-state index contributed by atoms with van der Waals surface area (Å²) in [5.41, 5.74) is 3.96. The minimum atomic E-state index is -0.210. The topological polar surface area (TPSA) is 59.9 Å². The fourth-order valence-corrected chi connectivity index (χ4v) is 5.44. The van der Waals surface area contributed by atoms with Gasteiger partial charge in [-0.2, -0.15) is 0 Å². The van der Waals surface area contributed by atoms with Gasteiger partial charge in [0.25, 0.3) is 0 Å². The first-order chi connectivity index (χ1) is 13.5. The van der Waals surface area contributed by atoms with Crippen LogP contribution in [0.5, 0.6) is 0 Å². The maximum Gasteiger partial charge on any atom is 0.198 e. The molecule has 0 fully saturated rings. The van der Waals surface area contributed by atoms with Crippen LogP contribution in [0.25, 0.3) is 26.3 Å². The van der Waals surface area contributed by atoms with Gasteiger partial charge in [-0.15, -0.1) is 0 Å². The van der Waals surface area contributed by atoms with Crippen LogP contribution in [0.3, 0.4) is 0 Å². The summed E-state index contributed by atoms with van der Waals surface area (Å²) in [6, 6.07) is 13.7. The standard InChI is InChI=1S/C22H14N2O2S2/c1-11-8-9-12(2)17-16(11)18(25)14(19(17)26)10-15-23-21-22(27-15)24-20(28-21)13-6-4-3-5-7-13/h3-10H,1-2H3. The van der Waals surface area contributed by atoms with Gasteiger partial charge in [0.2, 0.25) is 0 Å². The van der Waals surface area contributed by atoms with Gasteiger partial charge in [0.15, 0.2) is 21.2 Å². The number of aryl methyl sites for hydroxylation is 2. The van der Waals surface area contributed by atoms with Gasteiger partial charge in [-0.05, 0) is 31.1 Å². The number of nitrogens with zero attached hydrogens (tertiary/aromatic N) is 2. The van der Waals surface area contributed by atoms with Gasteiger partial charge in [-0.3, -0.25) is 9.59 Å². The van der Waals surface area contributed by atoms with Crippen LogP contribution in [0, 0.1) is 13.8 Å². The number of benzene rings is 2. The molecule has 1 aliphatic rings. The third kappa shape index (κ3) is 2.57. The van der Waals surface area contributed by atoms with Crippen molar-refractivity contribution in [3.05, 3.63) is 75.3 Å². The summed E-state index contributed by atoms with van der Waals surface area (Å²) < 4.78 is 0. The Hall–Kier alpha value is -2.96. The molecule has 0 atom stereocenters. The zero-order valence-electron chi connectivity index (χ0n) is 15.1. The van der Waals surface area contributed by atoms with E-state index in [1.807, 2.05) is 56.3 Å². The summed E-state index contributed by atoms with van der Waals surface area (Å²) in [6.07, 6.45) is 1.62. The summed E-state index contributed by atoms with van der Waals surface area (Å²) in [4.78, 5) is 36.6. The fraction of sp³-hybridized carbons (Fsp3) is 0.0909. The molecule has 2 heterocycles. The molecule has 5 rings (SSSR count). The third-order valence-corrected chi connectivity index (χ3v) is 6.87. The van der Waals surface area contributed by atoms with Crippen LogP contribution in [0.4, 0.5) is 0 Å². The van der Waals surface area contributed by atoms with Gasteiger partial charge in [-0.1, -0.05) is 65.1 Å². The van der Waals surface area contributed by atoms with Crippen molar-refractivity contribution in [2.24, 2.45) is 0 Å². The van der Waals surface area contributed by atoms with Crippen LogP contribution in [-0.4, -0.2) is 21.5 Å². The molecule has 0 unspecified atom stereocenters. The molecule has 0 spiro atoms. The van der Waals surface area contributed by atoms with E-state index in [0.29, 0.717) is 16.1 Å². The molecule has 0 bridgehead atoms. The molecular weight excluding hydrogens is 388 g/mol. The number of carbonyl (C=O) groups is 2. The van der Waals surface area contributed by atoms with E-state index in [1.54, 1.807) is 6.08 Å². The summed E-state index contributed by atoms with van der Waals surface area (Å²) in [5, 5.41) is 1.55. The number of ketones is 2. The second kappa shape index (κ2) is 6.29. The van der Waals surface area contributed by atoms with E-state index in [4.69, 9.17) is 0 Å². The number of thiazole rings is 2. The summed E-state index contributed by atoms with van der Waals surface area (Å²) >= 11 is 2.91. The minimum absolute atomic E-state index is 0.192. The molecule has 0 radical (unpaired) electrons. The van der Waals surface area contributed by atoms with E-state index >= 15 is 0 Å². The molecule has 0 amide bonds. The first-order valence-corrected chi connectivity index (χ1v) is 10.4. The Bertz CT molecular complexity index is 1240. The number of allylic oxidation sites excluding steroid dienone is 1. The number of hydrogen-bond donors (Lipinski definition) is 0. The average molecular weight is 403 g/mol. The lowest BCUT2D eigenvalue weighted by molar-refractivity contribution is 0.0990. The monoisotopic (exact) mass is 402 g/mol. The highest BCUT2D eigenvalue weighted by molar-refractivity contribution is 7.28. The Kier molecular flexibility index (Phi) is 3.86. The van der Waals surface area contributed by atoms with Crippen molar-refractivity contribution in [1.82, 2.24) is 9.97 Å². The Morgan fingerprint density at radius 1 is 0.786 bits per heavy atom. The zero-order chi connectivity index (χ0) is 19.4. The smallest absolute Gasteiger partial charge is 0.198 e. The summed E-state index contributed by atoms with van der Waals surface area (Å²) in [7, 11) is 0. The molecule has 0 saturated heterocycles. The van der Waals surface area contributed by atoms with Crippen molar-refractivity contribution in [2.75, 3.05) is 0 Å². The SMILES string of the molecule is Cc1ccc(C)c2c1C(=O)C(=Cc1nc3sc(-c4ccccc4)nc3s1)C2=O. The number of fused-ring (bicyclic) bond motifs is 2. The van der Waals surface area contributed by atoms with E-state index in [0.717, 1.165) is 31.4 Å². The van der Waals surface area contributed by atoms with Crippen molar-refractivity contribution >= 4 is 50.0 Å². The fourth-order valence-electron chi connectivity index (χ4n) is 3.45. The molecule has 0 N–H and O–H groups in total. The van der Waals surface area contributed by atoms with Crippen LogP contribution in [0.1, 0.15) is 36.9 Å². The normalized spacial score (nSPS) is 13.4. The predicted molar refractivity (Wildman–Crippen MR) is 113 cm³/mol. The number of carbonyl (C=O) groups excluding carboxylic acids is 2. The minimum Gasteiger partial charge on any atom is -0.288 e. The zero-order valence-corrected chi connectivity index (χ0v) is 16.8. The molecule has 6 heteroatoms. The molecule has 2 aromatic heterocycles. The van der Waals surface area contributed by atoms with Gasteiger partial charge in [0, 0.05) is 16.7 Å². The summed E-state index contributed by atoms with van der Waals surface area (Å²) in [5.74, 6) is -0.421. The lowest BCUT2D eigenvalue weighted by Gasteiger charge is -2.03. The molecule has 4 nitrogen and oxygen atoms in total. The summed E-state index contributed by atoms with van der Waals surface area (Å²) in [6.45, 7) is 3.72. The molecule has 1 aliphatic carbocycles.